The Bertz CT molecular complexity index is 861. The van der Waals surface area contributed by atoms with E-state index in [1.165, 1.54) is 14.2 Å². The van der Waals surface area contributed by atoms with Gasteiger partial charge >= 0.3 is 5.97 Å². The van der Waals surface area contributed by atoms with Gasteiger partial charge in [0.05, 0.1) is 12.8 Å². The van der Waals surface area contributed by atoms with Crippen LogP contribution in [0.2, 0.25) is 0 Å². The molecule has 2 aromatic rings. The van der Waals surface area contributed by atoms with Crippen molar-refractivity contribution in [3.05, 3.63) is 69.2 Å². The number of methoxy groups -OCH3 is 1. The number of hydrogen-bond donors (Lipinski definition) is 0. The molecule has 2 aromatic carbocycles. The summed E-state index contributed by atoms with van der Waals surface area (Å²) in [5, 5.41) is 8.00. The van der Waals surface area contributed by atoms with Crippen molar-refractivity contribution in [1.82, 2.24) is 0 Å². The van der Waals surface area contributed by atoms with Crippen molar-refractivity contribution >= 4 is 33.3 Å². The number of benzene rings is 2. The van der Waals surface area contributed by atoms with Crippen LogP contribution in [0.5, 0.6) is 0 Å². The number of halogens is 1. The number of rotatable bonds is 7. The first-order valence-corrected chi connectivity index (χ1v) is 8.98. The van der Waals surface area contributed by atoms with Crippen molar-refractivity contribution in [3.8, 4) is 0 Å². The monoisotopic (exact) mass is 432 g/mol. The largest absolute Gasteiger partial charge is 0.464 e. The molecule has 0 aromatic heterocycles. The van der Waals surface area contributed by atoms with Crippen LogP contribution in [0.15, 0.2) is 57.2 Å². The van der Waals surface area contributed by atoms with Gasteiger partial charge in [-0.3, -0.25) is 0 Å². The molecule has 0 atom stereocenters. The Morgan fingerprint density at radius 2 is 1.78 bits per heavy atom. The van der Waals surface area contributed by atoms with Crippen LogP contribution in [-0.4, -0.2) is 31.6 Å². The maximum Gasteiger partial charge on any atom is 0.360 e. The summed E-state index contributed by atoms with van der Waals surface area (Å²) in [6.07, 6.45) is 0. The van der Waals surface area contributed by atoms with Gasteiger partial charge in [-0.05, 0) is 37.1 Å². The molecule has 0 aliphatic heterocycles. The molecule has 142 valence electrons. The first-order chi connectivity index (χ1) is 13.0. The molecule has 0 unspecified atom stereocenters. The van der Waals surface area contributed by atoms with Gasteiger partial charge < -0.3 is 14.4 Å². The number of esters is 1. The molecule has 0 heterocycles. The minimum Gasteiger partial charge on any atom is -0.464 e. The van der Waals surface area contributed by atoms with Crippen LogP contribution >= 0.6 is 15.9 Å². The number of aryl methyl sites for hydroxylation is 1. The Kier molecular flexibility index (Phi) is 7.55. The minimum atomic E-state index is -0.585. The van der Waals surface area contributed by atoms with Crippen molar-refractivity contribution < 1.29 is 19.2 Å². The molecule has 6 nitrogen and oxygen atoms in total. The number of oxime groups is 2. The Balaban J connectivity index is 2.26. The van der Waals surface area contributed by atoms with E-state index < -0.39 is 5.97 Å². The highest BCUT2D eigenvalue weighted by Crippen LogP contribution is 2.18. The van der Waals surface area contributed by atoms with Crippen molar-refractivity contribution in [2.45, 2.75) is 20.5 Å². The molecule has 2 rings (SSSR count). The molecule has 0 aliphatic carbocycles. The minimum absolute atomic E-state index is 0.0795. The molecule has 7 heteroatoms. The fourth-order valence-corrected chi connectivity index (χ4v) is 2.70. The second kappa shape index (κ2) is 9.87. The zero-order chi connectivity index (χ0) is 19.8. The van der Waals surface area contributed by atoms with E-state index in [-0.39, 0.29) is 12.3 Å². The first kappa shape index (κ1) is 20.6. The number of hydrogen-bond acceptors (Lipinski definition) is 6. The molecule has 0 amide bonds. The van der Waals surface area contributed by atoms with E-state index in [9.17, 15) is 4.79 Å². The average molecular weight is 433 g/mol. The van der Waals surface area contributed by atoms with Crippen molar-refractivity contribution in [2.75, 3.05) is 14.2 Å². The highest BCUT2D eigenvalue weighted by atomic mass is 79.9. The highest BCUT2D eigenvalue weighted by Gasteiger charge is 2.20. The zero-order valence-corrected chi connectivity index (χ0v) is 17.2. The third kappa shape index (κ3) is 5.40. The van der Waals surface area contributed by atoms with Gasteiger partial charge in [0.15, 0.2) is 5.71 Å². The summed E-state index contributed by atoms with van der Waals surface area (Å²) in [4.78, 5) is 22.4. The lowest BCUT2D eigenvalue weighted by atomic mass is 9.99. The lowest BCUT2D eigenvalue weighted by Gasteiger charge is -2.12. The van der Waals surface area contributed by atoms with Gasteiger partial charge in [0.25, 0.3) is 0 Å². The molecule has 0 bridgehead atoms. The fraction of sp³-hybridized carbons (Fsp3) is 0.250. The van der Waals surface area contributed by atoms with Gasteiger partial charge in [-0.15, -0.1) is 0 Å². The summed E-state index contributed by atoms with van der Waals surface area (Å²) in [6, 6.07) is 13.3. The van der Waals surface area contributed by atoms with Crippen LogP contribution in [0.4, 0.5) is 0 Å². The van der Waals surface area contributed by atoms with Gasteiger partial charge in [-0.25, -0.2) is 4.79 Å². The molecule has 0 radical (unpaired) electrons. The maximum absolute atomic E-state index is 12.1. The second-order valence-corrected chi connectivity index (χ2v) is 6.59. The summed E-state index contributed by atoms with van der Waals surface area (Å²) >= 11 is 3.41. The van der Waals surface area contributed by atoms with Crippen LogP contribution < -0.4 is 0 Å². The number of ether oxygens (including phenoxy) is 1. The Morgan fingerprint density at radius 3 is 2.41 bits per heavy atom. The summed E-state index contributed by atoms with van der Waals surface area (Å²) < 4.78 is 5.80. The maximum atomic E-state index is 12.1. The van der Waals surface area contributed by atoms with E-state index in [0.29, 0.717) is 5.56 Å². The molecule has 27 heavy (non-hydrogen) atoms. The van der Waals surface area contributed by atoms with E-state index in [1.807, 2.05) is 50.2 Å². The van der Waals surface area contributed by atoms with Crippen LogP contribution in [0, 0.1) is 6.92 Å². The highest BCUT2D eigenvalue weighted by molar-refractivity contribution is 9.10. The number of carbonyl (C=O) groups excluding carboxylic acids is 1. The molecule has 0 N–H and O–H groups in total. The van der Waals surface area contributed by atoms with Crippen LogP contribution in [0.25, 0.3) is 0 Å². The van der Waals surface area contributed by atoms with Crippen LogP contribution in [-0.2, 0) is 25.8 Å². The molecule has 0 fully saturated rings. The normalized spacial score (nSPS) is 11.9. The topological polar surface area (TPSA) is 69.5 Å². The van der Waals surface area contributed by atoms with Gasteiger partial charge in [-0.1, -0.05) is 56.6 Å². The lowest BCUT2D eigenvalue weighted by molar-refractivity contribution is -0.132. The van der Waals surface area contributed by atoms with Crippen molar-refractivity contribution in [3.63, 3.8) is 0 Å². The van der Waals surface area contributed by atoms with Gasteiger partial charge in [0, 0.05) is 15.6 Å². The lowest BCUT2D eigenvalue weighted by Crippen LogP contribution is -2.20. The van der Waals surface area contributed by atoms with Crippen LogP contribution in [0.3, 0.4) is 0 Å². The van der Waals surface area contributed by atoms with E-state index in [1.54, 1.807) is 6.07 Å². The Hall–Kier alpha value is -2.67. The predicted octanol–water partition coefficient (Wildman–Crippen LogP) is 4.22. The van der Waals surface area contributed by atoms with E-state index in [0.717, 1.165) is 26.9 Å². The van der Waals surface area contributed by atoms with Gasteiger partial charge in [0.1, 0.15) is 13.7 Å². The smallest absolute Gasteiger partial charge is 0.360 e. The fourth-order valence-electron chi connectivity index (χ4n) is 2.44. The summed E-state index contributed by atoms with van der Waals surface area (Å²) in [5.41, 5.74) is 4.09. The van der Waals surface area contributed by atoms with E-state index in [2.05, 4.69) is 26.2 Å². The number of nitrogens with zero attached hydrogens (tertiary/aromatic N) is 2. The second-order valence-electron chi connectivity index (χ2n) is 5.67. The van der Waals surface area contributed by atoms with Crippen molar-refractivity contribution in [1.29, 1.82) is 0 Å². The zero-order valence-electron chi connectivity index (χ0n) is 15.7. The first-order valence-electron chi connectivity index (χ1n) is 8.18. The molecular formula is C20H21BrN2O4. The van der Waals surface area contributed by atoms with E-state index >= 15 is 0 Å². The molecule has 0 aliphatic rings. The summed E-state index contributed by atoms with van der Waals surface area (Å²) in [7, 11) is 2.67. The molecule has 0 saturated carbocycles. The van der Waals surface area contributed by atoms with Gasteiger partial charge in [-0.2, -0.15) is 0 Å². The summed E-state index contributed by atoms with van der Waals surface area (Å²) in [5.74, 6) is -0.585. The summed E-state index contributed by atoms with van der Waals surface area (Å²) in [6.45, 7) is 3.97. The quantitative estimate of drug-likeness (QED) is 0.373. The predicted molar refractivity (Wildman–Crippen MR) is 108 cm³/mol. The Morgan fingerprint density at radius 1 is 1.07 bits per heavy atom. The molecular weight excluding hydrogens is 412 g/mol. The van der Waals surface area contributed by atoms with Crippen molar-refractivity contribution in [2.24, 2.45) is 10.3 Å². The standard InChI is InChI=1S/C20H21BrN2O4/c1-13-6-5-7-17(19(23-26-4)20(24)25-3)18(13)12-27-22-14(2)15-8-10-16(21)11-9-15/h5-11H,12H2,1-4H3/b22-14+,23-19+. The average Bonchev–Trinajstić information content (AvgIpc) is 2.67. The van der Waals surface area contributed by atoms with Crippen LogP contribution in [0.1, 0.15) is 29.2 Å². The SMILES string of the molecule is CO/N=C(/C(=O)OC)c1cccc(C)c1CO/N=C(\C)c1ccc(Br)cc1. The third-order valence-electron chi connectivity index (χ3n) is 3.90. The molecule has 0 saturated heterocycles. The molecule has 0 spiro atoms. The van der Waals surface area contributed by atoms with Gasteiger partial charge in [0.2, 0.25) is 0 Å². The van der Waals surface area contributed by atoms with E-state index in [4.69, 9.17) is 14.4 Å². The number of carbonyl (C=O) groups is 1. The Labute approximate surface area is 166 Å². The third-order valence-corrected chi connectivity index (χ3v) is 4.43.